The Balaban J connectivity index is 1.67. The number of para-hydroxylation sites is 1. The molecular formula is C20H21ClN2O3. The second-order valence-corrected chi connectivity index (χ2v) is 6.64. The van der Waals surface area contributed by atoms with Gasteiger partial charge >= 0.3 is 0 Å². The summed E-state index contributed by atoms with van der Waals surface area (Å²) in [5.74, 6) is -0.292. The van der Waals surface area contributed by atoms with E-state index in [0.717, 1.165) is 5.69 Å². The van der Waals surface area contributed by atoms with Crippen LogP contribution in [0.4, 0.5) is 11.4 Å². The van der Waals surface area contributed by atoms with Crippen LogP contribution in [0.1, 0.15) is 13.3 Å². The van der Waals surface area contributed by atoms with Gasteiger partial charge < -0.3 is 15.0 Å². The Morgan fingerprint density at radius 2 is 1.92 bits per heavy atom. The zero-order valence-electron chi connectivity index (χ0n) is 14.7. The maximum Gasteiger partial charge on any atom is 0.230 e. The number of carbonyl (C=O) groups excluding carboxylic acids is 2. The van der Waals surface area contributed by atoms with Crippen LogP contribution in [0.5, 0.6) is 5.75 Å². The smallest absolute Gasteiger partial charge is 0.230 e. The van der Waals surface area contributed by atoms with Crippen LogP contribution in [0.2, 0.25) is 5.02 Å². The minimum absolute atomic E-state index is 0.0168. The van der Waals surface area contributed by atoms with Gasteiger partial charge in [0, 0.05) is 17.3 Å². The number of carbonyl (C=O) groups is 2. The first-order chi connectivity index (χ1) is 12.5. The van der Waals surface area contributed by atoms with E-state index in [9.17, 15) is 9.59 Å². The fourth-order valence-electron chi connectivity index (χ4n) is 3.03. The number of methoxy groups -OCH3 is 1. The Morgan fingerprint density at radius 1 is 1.19 bits per heavy atom. The lowest BCUT2D eigenvalue weighted by atomic mass is 10.2. The van der Waals surface area contributed by atoms with E-state index in [-0.39, 0.29) is 23.7 Å². The van der Waals surface area contributed by atoms with Gasteiger partial charge in [-0.15, -0.1) is 0 Å². The molecule has 1 fully saturated rings. The quantitative estimate of drug-likeness (QED) is 0.834. The van der Waals surface area contributed by atoms with Gasteiger partial charge in [0.05, 0.1) is 24.6 Å². The number of ether oxygens (including phenoxy) is 1. The fourth-order valence-corrected chi connectivity index (χ4v) is 3.21. The highest BCUT2D eigenvalue weighted by Gasteiger charge is 2.49. The summed E-state index contributed by atoms with van der Waals surface area (Å²) in [5, 5.41) is 3.33. The third kappa shape index (κ3) is 3.83. The van der Waals surface area contributed by atoms with Crippen LogP contribution in [0.15, 0.2) is 48.5 Å². The molecule has 0 aliphatic heterocycles. The average molecular weight is 373 g/mol. The first kappa shape index (κ1) is 18.3. The minimum atomic E-state index is -0.330. The van der Waals surface area contributed by atoms with Crippen LogP contribution >= 0.6 is 11.6 Å². The van der Waals surface area contributed by atoms with Crippen molar-refractivity contribution in [3.05, 3.63) is 53.6 Å². The highest BCUT2D eigenvalue weighted by Crippen LogP contribution is 2.42. The molecule has 5 nitrogen and oxygen atoms in total. The number of benzene rings is 2. The molecule has 1 aliphatic carbocycles. The summed E-state index contributed by atoms with van der Waals surface area (Å²) in [6.45, 7) is 2.50. The first-order valence-corrected chi connectivity index (χ1v) is 8.93. The van der Waals surface area contributed by atoms with Crippen molar-refractivity contribution in [2.24, 2.45) is 11.8 Å². The number of hydrogen-bond acceptors (Lipinski definition) is 3. The summed E-state index contributed by atoms with van der Waals surface area (Å²) in [5.41, 5.74) is 1.36. The zero-order valence-corrected chi connectivity index (χ0v) is 15.5. The standard InChI is InChI=1S/C20H21ClN2O3/c1-3-23(14-7-5-4-6-8-14)20(25)16-12-15(16)19(24)22-17-11-13(21)9-10-18(17)26-2/h4-11,15-16H,3,12H2,1-2H3,(H,22,24). The minimum Gasteiger partial charge on any atom is -0.495 e. The average Bonchev–Trinajstić information content (AvgIpc) is 3.44. The molecule has 1 saturated carbocycles. The molecule has 136 valence electrons. The van der Waals surface area contributed by atoms with Crippen molar-refractivity contribution in [2.45, 2.75) is 13.3 Å². The molecule has 1 aliphatic rings. The third-order valence-electron chi connectivity index (χ3n) is 4.51. The Morgan fingerprint density at radius 3 is 2.58 bits per heavy atom. The fraction of sp³-hybridized carbons (Fsp3) is 0.300. The molecular weight excluding hydrogens is 352 g/mol. The molecule has 2 atom stereocenters. The maximum atomic E-state index is 12.8. The van der Waals surface area contributed by atoms with Crippen molar-refractivity contribution >= 4 is 34.8 Å². The topological polar surface area (TPSA) is 58.6 Å². The molecule has 0 heterocycles. The number of hydrogen-bond donors (Lipinski definition) is 1. The lowest BCUT2D eigenvalue weighted by Crippen LogP contribution is -2.33. The highest BCUT2D eigenvalue weighted by atomic mass is 35.5. The van der Waals surface area contributed by atoms with Crippen molar-refractivity contribution in [3.63, 3.8) is 0 Å². The Labute approximate surface area is 157 Å². The molecule has 26 heavy (non-hydrogen) atoms. The van der Waals surface area contributed by atoms with Crippen molar-refractivity contribution in [3.8, 4) is 5.75 Å². The summed E-state index contributed by atoms with van der Waals surface area (Å²) >= 11 is 5.99. The molecule has 3 rings (SSSR count). The van der Waals surface area contributed by atoms with Crippen LogP contribution in [0.25, 0.3) is 0 Å². The Bertz CT molecular complexity index is 810. The lowest BCUT2D eigenvalue weighted by Gasteiger charge is -2.21. The van der Waals surface area contributed by atoms with Crippen molar-refractivity contribution in [2.75, 3.05) is 23.9 Å². The monoisotopic (exact) mass is 372 g/mol. The molecule has 2 amide bonds. The van der Waals surface area contributed by atoms with Gasteiger partial charge in [-0.25, -0.2) is 0 Å². The van der Waals surface area contributed by atoms with Gasteiger partial charge in [0.2, 0.25) is 11.8 Å². The van der Waals surface area contributed by atoms with E-state index < -0.39 is 0 Å². The van der Waals surface area contributed by atoms with Crippen LogP contribution in [-0.2, 0) is 9.59 Å². The number of nitrogens with one attached hydrogen (secondary N) is 1. The Hall–Kier alpha value is -2.53. The van der Waals surface area contributed by atoms with E-state index in [2.05, 4.69) is 5.32 Å². The predicted molar refractivity (Wildman–Crippen MR) is 103 cm³/mol. The van der Waals surface area contributed by atoms with E-state index >= 15 is 0 Å². The molecule has 1 N–H and O–H groups in total. The van der Waals surface area contributed by atoms with Crippen LogP contribution in [-0.4, -0.2) is 25.5 Å². The second-order valence-electron chi connectivity index (χ2n) is 6.20. The molecule has 0 radical (unpaired) electrons. The van der Waals surface area contributed by atoms with Crippen molar-refractivity contribution in [1.29, 1.82) is 0 Å². The van der Waals surface area contributed by atoms with Crippen LogP contribution in [0, 0.1) is 11.8 Å². The SMILES string of the molecule is CCN(C(=O)C1CC1C(=O)Nc1cc(Cl)ccc1OC)c1ccccc1. The molecule has 6 heteroatoms. The van der Waals surface area contributed by atoms with Crippen molar-refractivity contribution in [1.82, 2.24) is 0 Å². The third-order valence-corrected chi connectivity index (χ3v) is 4.75. The Kier molecular flexibility index (Phi) is 5.47. The van der Waals surface area contributed by atoms with E-state index in [1.165, 1.54) is 7.11 Å². The van der Waals surface area contributed by atoms with Gasteiger partial charge in [0.1, 0.15) is 5.75 Å². The summed E-state index contributed by atoms with van der Waals surface area (Å²) in [7, 11) is 1.53. The largest absolute Gasteiger partial charge is 0.495 e. The van der Waals surface area contributed by atoms with Gasteiger partial charge in [-0.05, 0) is 43.7 Å². The number of rotatable bonds is 6. The number of halogens is 1. The van der Waals surface area contributed by atoms with Gasteiger partial charge in [0.25, 0.3) is 0 Å². The van der Waals surface area contributed by atoms with E-state index in [1.807, 2.05) is 37.3 Å². The molecule has 2 aromatic rings. The van der Waals surface area contributed by atoms with Gasteiger partial charge in [0.15, 0.2) is 0 Å². The second kappa shape index (κ2) is 7.79. The highest BCUT2D eigenvalue weighted by molar-refractivity contribution is 6.31. The van der Waals surface area contributed by atoms with E-state index in [0.29, 0.717) is 29.4 Å². The molecule has 0 bridgehead atoms. The van der Waals surface area contributed by atoms with Crippen LogP contribution in [0.3, 0.4) is 0 Å². The number of anilines is 2. The van der Waals surface area contributed by atoms with E-state index in [1.54, 1.807) is 23.1 Å². The summed E-state index contributed by atoms with van der Waals surface area (Å²) in [4.78, 5) is 27.0. The van der Waals surface area contributed by atoms with Gasteiger partial charge in [-0.1, -0.05) is 29.8 Å². The predicted octanol–water partition coefficient (Wildman–Crippen LogP) is 3.98. The first-order valence-electron chi connectivity index (χ1n) is 8.56. The number of nitrogens with zero attached hydrogens (tertiary/aromatic N) is 1. The molecule has 0 saturated heterocycles. The lowest BCUT2D eigenvalue weighted by molar-refractivity contribution is -0.123. The van der Waals surface area contributed by atoms with E-state index in [4.69, 9.17) is 16.3 Å². The molecule has 0 aromatic heterocycles. The number of amides is 2. The van der Waals surface area contributed by atoms with Gasteiger partial charge in [-0.2, -0.15) is 0 Å². The molecule has 2 aromatic carbocycles. The van der Waals surface area contributed by atoms with Crippen LogP contribution < -0.4 is 15.0 Å². The molecule has 0 spiro atoms. The van der Waals surface area contributed by atoms with Crippen molar-refractivity contribution < 1.29 is 14.3 Å². The maximum absolute atomic E-state index is 12.8. The van der Waals surface area contributed by atoms with Gasteiger partial charge in [-0.3, -0.25) is 9.59 Å². The summed E-state index contributed by atoms with van der Waals surface area (Å²) < 4.78 is 5.24. The normalized spacial score (nSPS) is 18.1. The summed E-state index contributed by atoms with van der Waals surface area (Å²) in [6.07, 6.45) is 0.552. The summed E-state index contributed by atoms with van der Waals surface area (Å²) in [6, 6.07) is 14.5. The molecule has 2 unspecified atom stereocenters. The zero-order chi connectivity index (χ0) is 18.7.